The zero-order chi connectivity index (χ0) is 19.6. The van der Waals surface area contributed by atoms with Gasteiger partial charge in [0.1, 0.15) is 5.82 Å². The lowest BCUT2D eigenvalue weighted by atomic mass is 9.80. The molecule has 1 unspecified atom stereocenters. The van der Waals surface area contributed by atoms with E-state index in [1.165, 1.54) is 13.8 Å². The number of allylic oxidation sites excluding steroid dienone is 2. The van der Waals surface area contributed by atoms with Crippen molar-refractivity contribution < 1.29 is 28.7 Å². The van der Waals surface area contributed by atoms with Crippen molar-refractivity contribution in [2.75, 3.05) is 6.61 Å². The van der Waals surface area contributed by atoms with Crippen molar-refractivity contribution in [2.24, 2.45) is 0 Å². The number of benzene rings is 1. The number of carbonyl (C=O) groups excluding carboxylic acids is 1. The number of hydrogen-bond donors (Lipinski definition) is 2. The first-order chi connectivity index (χ1) is 12.2. The number of carbonyl (C=O) groups is 2. The first-order valence-corrected chi connectivity index (χ1v) is 7.71. The van der Waals surface area contributed by atoms with E-state index in [2.05, 4.69) is 5.32 Å². The fraction of sp³-hybridized carbons (Fsp3) is 0.294. The summed E-state index contributed by atoms with van der Waals surface area (Å²) >= 11 is 0. The van der Waals surface area contributed by atoms with Gasteiger partial charge in [0.25, 0.3) is 5.69 Å². The van der Waals surface area contributed by atoms with E-state index in [-0.39, 0.29) is 29.0 Å². The molecule has 26 heavy (non-hydrogen) atoms. The predicted molar refractivity (Wildman–Crippen MR) is 88.6 cm³/mol. The van der Waals surface area contributed by atoms with Gasteiger partial charge in [0.05, 0.1) is 28.6 Å². The summed E-state index contributed by atoms with van der Waals surface area (Å²) in [6.45, 7) is 4.60. The van der Waals surface area contributed by atoms with Crippen molar-refractivity contribution in [2.45, 2.75) is 26.7 Å². The summed E-state index contributed by atoms with van der Waals surface area (Å²) in [5.74, 6) is -4.39. The van der Waals surface area contributed by atoms with E-state index in [9.17, 15) is 29.2 Å². The molecule has 138 valence electrons. The van der Waals surface area contributed by atoms with Gasteiger partial charge in [0, 0.05) is 29.1 Å². The van der Waals surface area contributed by atoms with E-state index >= 15 is 0 Å². The molecule has 1 atom stereocenters. The van der Waals surface area contributed by atoms with Crippen LogP contribution < -0.4 is 5.32 Å². The summed E-state index contributed by atoms with van der Waals surface area (Å²) in [6, 6.07) is 2.79. The van der Waals surface area contributed by atoms with Crippen molar-refractivity contribution in [1.29, 1.82) is 0 Å². The fourth-order valence-corrected chi connectivity index (χ4v) is 2.93. The third kappa shape index (κ3) is 3.41. The molecule has 1 aromatic carbocycles. The topological polar surface area (TPSA) is 119 Å². The van der Waals surface area contributed by atoms with Gasteiger partial charge in [0.2, 0.25) is 0 Å². The number of hydrogen-bond acceptors (Lipinski definition) is 6. The molecule has 2 rings (SSSR count). The van der Waals surface area contributed by atoms with Gasteiger partial charge in [-0.25, -0.2) is 14.0 Å². The molecule has 0 aliphatic carbocycles. The lowest BCUT2D eigenvalue weighted by Crippen LogP contribution is -2.32. The summed E-state index contributed by atoms with van der Waals surface area (Å²) in [7, 11) is 0. The molecule has 9 heteroatoms. The first kappa shape index (κ1) is 19.1. The summed E-state index contributed by atoms with van der Waals surface area (Å²) in [6.07, 6.45) is 0. The Kier molecular flexibility index (Phi) is 5.39. The average molecular weight is 364 g/mol. The number of aliphatic carboxylic acids is 1. The maximum absolute atomic E-state index is 14.5. The second-order valence-electron chi connectivity index (χ2n) is 5.62. The third-order valence-electron chi connectivity index (χ3n) is 3.99. The van der Waals surface area contributed by atoms with Gasteiger partial charge in [-0.1, -0.05) is 0 Å². The SMILES string of the molecule is CCOC(=O)C1=C(C)NC(C)=C(C(=O)O)C1c1cc([N+](=O)[O-])ccc1F. The van der Waals surface area contributed by atoms with Crippen molar-refractivity contribution in [3.63, 3.8) is 0 Å². The highest BCUT2D eigenvalue weighted by Crippen LogP contribution is 2.40. The number of carboxylic acids is 1. The Bertz CT molecular complexity index is 859. The summed E-state index contributed by atoms with van der Waals surface area (Å²) in [5, 5.41) is 23.4. The van der Waals surface area contributed by atoms with Gasteiger partial charge in [-0.15, -0.1) is 0 Å². The zero-order valence-electron chi connectivity index (χ0n) is 14.3. The van der Waals surface area contributed by atoms with Crippen LogP contribution in [0, 0.1) is 15.9 Å². The van der Waals surface area contributed by atoms with Crippen molar-refractivity contribution in [3.05, 3.63) is 62.2 Å². The van der Waals surface area contributed by atoms with Gasteiger partial charge in [-0.3, -0.25) is 10.1 Å². The van der Waals surface area contributed by atoms with Crippen LogP contribution in [0.3, 0.4) is 0 Å². The second kappa shape index (κ2) is 7.34. The highest BCUT2D eigenvalue weighted by molar-refractivity contribution is 5.99. The number of nitro benzene ring substituents is 1. The molecule has 8 nitrogen and oxygen atoms in total. The Labute approximate surface area is 148 Å². The van der Waals surface area contributed by atoms with Crippen LogP contribution >= 0.6 is 0 Å². The summed E-state index contributed by atoms with van der Waals surface area (Å²) in [4.78, 5) is 34.5. The van der Waals surface area contributed by atoms with E-state index < -0.39 is 34.3 Å². The zero-order valence-corrected chi connectivity index (χ0v) is 14.3. The second-order valence-corrected chi connectivity index (χ2v) is 5.62. The van der Waals surface area contributed by atoms with Crippen LogP contribution in [0.5, 0.6) is 0 Å². The third-order valence-corrected chi connectivity index (χ3v) is 3.99. The minimum absolute atomic E-state index is 0.0326. The predicted octanol–water partition coefficient (Wildman–Crippen LogP) is 2.62. The summed E-state index contributed by atoms with van der Waals surface area (Å²) in [5.41, 5.74) is -0.573. The monoisotopic (exact) mass is 364 g/mol. The van der Waals surface area contributed by atoms with Gasteiger partial charge in [-0.2, -0.15) is 0 Å². The van der Waals surface area contributed by atoms with Crippen LogP contribution in [-0.4, -0.2) is 28.6 Å². The van der Waals surface area contributed by atoms with Crippen LogP contribution in [0.4, 0.5) is 10.1 Å². The normalized spacial score (nSPS) is 17.0. The number of carboxylic acid groups (broad SMARTS) is 1. The molecule has 0 saturated carbocycles. The number of esters is 1. The fourth-order valence-electron chi connectivity index (χ4n) is 2.93. The minimum atomic E-state index is -1.37. The molecule has 0 spiro atoms. The number of rotatable bonds is 5. The maximum atomic E-state index is 14.5. The standard InChI is InChI=1S/C17H17FN2O6/c1-4-26-17(23)14-9(3)19-8(2)13(16(21)22)15(14)11-7-10(20(24)25)5-6-12(11)18/h5-7,15,19H,4H2,1-3H3,(H,21,22). The van der Waals surface area contributed by atoms with Crippen LogP contribution in [0.1, 0.15) is 32.3 Å². The van der Waals surface area contributed by atoms with Gasteiger partial charge in [0.15, 0.2) is 0 Å². The minimum Gasteiger partial charge on any atom is -0.478 e. The van der Waals surface area contributed by atoms with Gasteiger partial charge >= 0.3 is 11.9 Å². The first-order valence-electron chi connectivity index (χ1n) is 7.71. The Hall–Kier alpha value is -3.23. The lowest BCUT2D eigenvalue weighted by Gasteiger charge is -2.29. The number of dihydropyridines is 1. The smallest absolute Gasteiger partial charge is 0.336 e. The van der Waals surface area contributed by atoms with Crippen LogP contribution in [0.25, 0.3) is 0 Å². The Balaban J connectivity index is 2.77. The van der Waals surface area contributed by atoms with E-state index in [1.54, 1.807) is 6.92 Å². The molecule has 1 aliphatic rings. The highest BCUT2D eigenvalue weighted by atomic mass is 19.1. The molecule has 0 aromatic heterocycles. The van der Waals surface area contributed by atoms with Crippen molar-refractivity contribution in [3.8, 4) is 0 Å². The molecule has 0 saturated heterocycles. The molecule has 0 amide bonds. The number of halogens is 1. The van der Waals surface area contributed by atoms with E-state index in [0.717, 1.165) is 18.2 Å². The number of non-ortho nitro benzene ring substituents is 1. The van der Waals surface area contributed by atoms with Crippen LogP contribution in [-0.2, 0) is 14.3 Å². The summed E-state index contributed by atoms with van der Waals surface area (Å²) < 4.78 is 19.5. The van der Waals surface area contributed by atoms with Crippen LogP contribution in [0.2, 0.25) is 0 Å². The maximum Gasteiger partial charge on any atom is 0.336 e. The van der Waals surface area contributed by atoms with Crippen LogP contribution in [0.15, 0.2) is 40.7 Å². The number of nitro groups is 1. The molecular weight excluding hydrogens is 347 g/mol. The van der Waals surface area contributed by atoms with Gasteiger partial charge in [-0.05, 0) is 26.8 Å². The Morgan fingerprint density at radius 3 is 2.46 bits per heavy atom. The Morgan fingerprint density at radius 2 is 1.92 bits per heavy atom. The highest BCUT2D eigenvalue weighted by Gasteiger charge is 2.39. The molecular formula is C17H17FN2O6. The molecule has 1 heterocycles. The van der Waals surface area contributed by atoms with Crippen molar-refractivity contribution >= 4 is 17.6 Å². The molecule has 0 radical (unpaired) electrons. The molecule has 1 aromatic rings. The van der Waals surface area contributed by atoms with Gasteiger partial charge < -0.3 is 15.2 Å². The molecule has 2 N–H and O–H groups in total. The molecule has 0 fully saturated rings. The van der Waals surface area contributed by atoms with E-state index in [1.807, 2.05) is 0 Å². The van der Waals surface area contributed by atoms with Crippen molar-refractivity contribution in [1.82, 2.24) is 5.32 Å². The lowest BCUT2D eigenvalue weighted by molar-refractivity contribution is -0.385. The Morgan fingerprint density at radius 1 is 1.31 bits per heavy atom. The van der Waals surface area contributed by atoms with E-state index in [4.69, 9.17) is 4.74 Å². The quantitative estimate of drug-likeness (QED) is 0.468. The number of ether oxygens (including phenoxy) is 1. The van der Waals surface area contributed by atoms with E-state index in [0.29, 0.717) is 5.70 Å². The molecule has 0 bridgehead atoms. The average Bonchev–Trinajstić information content (AvgIpc) is 2.53. The number of nitrogens with one attached hydrogen (secondary N) is 1. The molecule has 1 aliphatic heterocycles. The largest absolute Gasteiger partial charge is 0.478 e. The number of nitrogens with zero attached hydrogens (tertiary/aromatic N) is 1.